The summed E-state index contributed by atoms with van der Waals surface area (Å²) < 4.78 is 5.93. The van der Waals surface area contributed by atoms with Crippen LogP contribution in [0.15, 0.2) is 4.42 Å². The number of nitrogens with one attached hydrogen (secondary N) is 1. The highest BCUT2D eigenvalue weighted by atomic mass is 16.4. The molecular weight excluding hydrogens is 250 g/mol. The molecule has 0 aromatic carbocycles. The van der Waals surface area contributed by atoms with Gasteiger partial charge in [0, 0.05) is 19.0 Å². The minimum atomic E-state index is 0.683. The van der Waals surface area contributed by atoms with Crippen LogP contribution in [-0.4, -0.2) is 35.6 Å². The minimum absolute atomic E-state index is 0.683. The Labute approximate surface area is 121 Å². The zero-order valence-corrected chi connectivity index (χ0v) is 12.8. The first-order valence-corrected chi connectivity index (χ1v) is 8.28. The molecule has 4 heteroatoms. The summed E-state index contributed by atoms with van der Waals surface area (Å²) in [7, 11) is 0. The van der Waals surface area contributed by atoms with Crippen molar-refractivity contribution >= 4 is 6.01 Å². The Morgan fingerprint density at radius 2 is 2.20 bits per heavy atom. The van der Waals surface area contributed by atoms with Gasteiger partial charge < -0.3 is 9.73 Å². The van der Waals surface area contributed by atoms with Crippen LogP contribution in [0.25, 0.3) is 0 Å². The number of fused-ring (bicyclic) bond motifs is 2. The lowest BCUT2D eigenvalue weighted by Gasteiger charge is -2.43. The van der Waals surface area contributed by atoms with E-state index in [4.69, 9.17) is 4.42 Å². The lowest BCUT2D eigenvalue weighted by molar-refractivity contribution is 0.0799. The van der Waals surface area contributed by atoms with Gasteiger partial charge in [-0.1, -0.05) is 13.8 Å². The van der Waals surface area contributed by atoms with Crippen molar-refractivity contribution in [3.05, 3.63) is 11.5 Å². The van der Waals surface area contributed by atoms with E-state index in [9.17, 15) is 0 Å². The van der Waals surface area contributed by atoms with E-state index in [0.717, 1.165) is 43.5 Å². The SMILES string of the molecule is CCCNc1nc2c(o1)CC1C(CCCN1CCC)C2. The van der Waals surface area contributed by atoms with E-state index in [-0.39, 0.29) is 0 Å². The normalized spacial score (nSPS) is 26.1. The smallest absolute Gasteiger partial charge is 0.295 e. The molecule has 1 aromatic rings. The second-order valence-electron chi connectivity index (χ2n) is 6.23. The molecular formula is C16H27N3O. The van der Waals surface area contributed by atoms with Crippen molar-refractivity contribution in [1.29, 1.82) is 0 Å². The fourth-order valence-corrected chi connectivity index (χ4v) is 3.76. The minimum Gasteiger partial charge on any atom is -0.428 e. The molecule has 3 rings (SSSR count). The number of hydrogen-bond acceptors (Lipinski definition) is 4. The van der Waals surface area contributed by atoms with Gasteiger partial charge in [-0.15, -0.1) is 0 Å². The van der Waals surface area contributed by atoms with E-state index >= 15 is 0 Å². The van der Waals surface area contributed by atoms with E-state index in [1.165, 1.54) is 38.0 Å². The van der Waals surface area contributed by atoms with E-state index in [1.54, 1.807) is 0 Å². The van der Waals surface area contributed by atoms with Gasteiger partial charge in [0.05, 0.1) is 5.69 Å². The summed E-state index contributed by atoms with van der Waals surface area (Å²) in [6, 6.07) is 1.42. The number of aromatic nitrogens is 1. The van der Waals surface area contributed by atoms with Crippen LogP contribution in [0, 0.1) is 5.92 Å². The molecule has 1 aliphatic heterocycles. The van der Waals surface area contributed by atoms with Gasteiger partial charge >= 0.3 is 0 Å². The molecule has 2 atom stereocenters. The molecule has 4 nitrogen and oxygen atoms in total. The zero-order valence-electron chi connectivity index (χ0n) is 12.8. The molecule has 1 aliphatic carbocycles. The second-order valence-corrected chi connectivity index (χ2v) is 6.23. The number of hydrogen-bond donors (Lipinski definition) is 1. The fraction of sp³-hybridized carbons (Fsp3) is 0.812. The quantitative estimate of drug-likeness (QED) is 0.898. The average molecular weight is 277 g/mol. The lowest BCUT2D eigenvalue weighted by Crippen LogP contribution is -2.49. The van der Waals surface area contributed by atoms with Gasteiger partial charge in [0.15, 0.2) is 0 Å². The van der Waals surface area contributed by atoms with Gasteiger partial charge in [-0.25, -0.2) is 0 Å². The number of likely N-dealkylation sites (tertiary alicyclic amines) is 1. The van der Waals surface area contributed by atoms with Crippen LogP contribution in [0.2, 0.25) is 0 Å². The Bertz CT molecular complexity index is 441. The highest BCUT2D eigenvalue weighted by Crippen LogP contribution is 2.35. The van der Waals surface area contributed by atoms with Gasteiger partial charge in [-0.2, -0.15) is 4.98 Å². The van der Waals surface area contributed by atoms with Crippen LogP contribution in [0.5, 0.6) is 0 Å². The van der Waals surface area contributed by atoms with Gasteiger partial charge in [-0.3, -0.25) is 4.90 Å². The molecule has 0 spiro atoms. The maximum atomic E-state index is 5.93. The number of anilines is 1. The zero-order chi connectivity index (χ0) is 13.9. The third kappa shape index (κ3) is 2.71. The molecule has 0 bridgehead atoms. The predicted molar refractivity (Wildman–Crippen MR) is 81.1 cm³/mol. The van der Waals surface area contributed by atoms with Crippen molar-refractivity contribution in [3.63, 3.8) is 0 Å². The molecule has 1 N–H and O–H groups in total. The van der Waals surface area contributed by atoms with Crippen molar-refractivity contribution < 1.29 is 4.42 Å². The summed E-state index contributed by atoms with van der Waals surface area (Å²) in [5.41, 5.74) is 1.21. The summed E-state index contributed by atoms with van der Waals surface area (Å²) >= 11 is 0. The standard InChI is InChI=1S/C16H27N3O/c1-3-7-17-16-18-13-10-12-6-5-9-19(8-4-2)14(12)11-15(13)20-16/h12,14H,3-11H2,1-2H3,(H,17,18). The van der Waals surface area contributed by atoms with E-state index in [2.05, 4.69) is 29.0 Å². The fourth-order valence-electron chi connectivity index (χ4n) is 3.76. The number of piperidine rings is 1. The molecule has 20 heavy (non-hydrogen) atoms. The predicted octanol–water partition coefficient (Wildman–Crippen LogP) is 3.09. The molecule has 1 fully saturated rings. The third-order valence-electron chi connectivity index (χ3n) is 4.70. The van der Waals surface area contributed by atoms with Crippen LogP contribution in [0.1, 0.15) is 51.0 Å². The highest BCUT2D eigenvalue weighted by molar-refractivity contribution is 5.28. The third-order valence-corrected chi connectivity index (χ3v) is 4.70. The number of rotatable bonds is 5. The van der Waals surface area contributed by atoms with Crippen molar-refractivity contribution in [1.82, 2.24) is 9.88 Å². The Morgan fingerprint density at radius 1 is 1.30 bits per heavy atom. The first kappa shape index (κ1) is 13.9. The lowest BCUT2D eigenvalue weighted by atomic mass is 9.79. The largest absolute Gasteiger partial charge is 0.428 e. The van der Waals surface area contributed by atoms with Crippen molar-refractivity contribution in [2.45, 2.75) is 58.4 Å². The van der Waals surface area contributed by atoms with Gasteiger partial charge in [0.25, 0.3) is 6.01 Å². The molecule has 112 valence electrons. The molecule has 1 saturated heterocycles. The molecule has 2 unspecified atom stereocenters. The maximum Gasteiger partial charge on any atom is 0.295 e. The van der Waals surface area contributed by atoms with Crippen molar-refractivity contribution in [3.8, 4) is 0 Å². The summed E-state index contributed by atoms with van der Waals surface area (Å²) in [5, 5.41) is 3.28. The topological polar surface area (TPSA) is 41.3 Å². The van der Waals surface area contributed by atoms with Gasteiger partial charge in [0.1, 0.15) is 5.76 Å². The summed E-state index contributed by atoms with van der Waals surface area (Å²) in [6.45, 7) is 7.87. The average Bonchev–Trinajstić information content (AvgIpc) is 2.85. The summed E-state index contributed by atoms with van der Waals surface area (Å²) in [6.07, 6.45) is 7.21. The first-order chi connectivity index (χ1) is 9.81. The van der Waals surface area contributed by atoms with Crippen LogP contribution in [0.4, 0.5) is 6.01 Å². The molecule has 0 amide bonds. The van der Waals surface area contributed by atoms with Crippen LogP contribution >= 0.6 is 0 Å². The molecule has 1 aromatic heterocycles. The maximum absolute atomic E-state index is 5.93. The Morgan fingerprint density at radius 3 is 3.00 bits per heavy atom. The van der Waals surface area contributed by atoms with E-state index < -0.39 is 0 Å². The van der Waals surface area contributed by atoms with Crippen LogP contribution in [0.3, 0.4) is 0 Å². The van der Waals surface area contributed by atoms with Crippen LogP contribution < -0.4 is 5.32 Å². The highest BCUT2D eigenvalue weighted by Gasteiger charge is 2.37. The van der Waals surface area contributed by atoms with Gasteiger partial charge in [-0.05, 0) is 51.1 Å². The Kier molecular flexibility index (Phi) is 4.29. The molecule has 2 aliphatic rings. The molecule has 0 saturated carbocycles. The second kappa shape index (κ2) is 6.17. The van der Waals surface area contributed by atoms with Crippen LogP contribution in [-0.2, 0) is 12.8 Å². The van der Waals surface area contributed by atoms with E-state index in [0.29, 0.717) is 6.04 Å². The Hall–Kier alpha value is -1.03. The number of oxazole rings is 1. The number of nitrogens with zero attached hydrogens (tertiary/aromatic N) is 2. The Balaban J connectivity index is 1.74. The summed E-state index contributed by atoms with van der Waals surface area (Å²) in [4.78, 5) is 7.33. The van der Waals surface area contributed by atoms with Crippen molar-refractivity contribution in [2.75, 3.05) is 25.0 Å². The van der Waals surface area contributed by atoms with Gasteiger partial charge in [0.2, 0.25) is 0 Å². The van der Waals surface area contributed by atoms with Crippen molar-refractivity contribution in [2.24, 2.45) is 5.92 Å². The summed E-state index contributed by atoms with van der Waals surface area (Å²) in [5.74, 6) is 1.92. The molecule has 2 heterocycles. The first-order valence-electron chi connectivity index (χ1n) is 8.28. The van der Waals surface area contributed by atoms with E-state index in [1.807, 2.05) is 0 Å². The molecule has 0 radical (unpaired) electrons. The monoisotopic (exact) mass is 277 g/mol.